The van der Waals surface area contributed by atoms with Crippen molar-refractivity contribution in [1.29, 1.82) is 0 Å². The molecule has 1 N–H and O–H groups in total. The number of aromatic nitrogens is 1. The minimum Gasteiger partial charge on any atom is -0.302 e. The molecule has 0 fully saturated rings. The van der Waals surface area contributed by atoms with Crippen LogP contribution in [0.5, 0.6) is 0 Å². The zero-order valence-corrected chi connectivity index (χ0v) is 17.0. The molecule has 134 valence electrons. The Bertz CT molecular complexity index is 982. The number of carbonyl (C=O) groups excluding carboxylic acids is 1. The maximum absolute atomic E-state index is 12.3. The molecule has 2 aromatic carbocycles. The highest BCUT2D eigenvalue weighted by atomic mass is 35.5. The summed E-state index contributed by atoms with van der Waals surface area (Å²) in [5.41, 5.74) is 6.43. The fourth-order valence-corrected chi connectivity index (χ4v) is 3.74. The third kappa shape index (κ3) is 4.26. The second-order valence-corrected chi connectivity index (χ2v) is 7.94. The summed E-state index contributed by atoms with van der Waals surface area (Å²) in [5.74, 6) is -0.138. The molecule has 3 nitrogen and oxygen atoms in total. The van der Waals surface area contributed by atoms with Gasteiger partial charge in [-0.1, -0.05) is 35.3 Å². The fraction of sp³-hybridized carbons (Fsp3) is 0.200. The van der Waals surface area contributed by atoms with Crippen molar-refractivity contribution in [3.05, 3.63) is 68.0 Å². The monoisotopic (exact) mass is 404 g/mol. The molecule has 0 radical (unpaired) electrons. The van der Waals surface area contributed by atoms with Crippen LogP contribution in [-0.4, -0.2) is 10.9 Å². The molecule has 0 spiro atoms. The largest absolute Gasteiger partial charge is 0.302 e. The van der Waals surface area contributed by atoms with Crippen molar-refractivity contribution in [3.8, 4) is 11.3 Å². The number of benzene rings is 2. The zero-order valence-electron chi connectivity index (χ0n) is 14.7. The molecule has 0 aliphatic heterocycles. The van der Waals surface area contributed by atoms with Crippen LogP contribution < -0.4 is 5.32 Å². The summed E-state index contributed by atoms with van der Waals surface area (Å²) in [4.78, 5) is 16.8. The molecule has 0 atom stereocenters. The number of aryl methyl sites for hydroxylation is 3. The highest BCUT2D eigenvalue weighted by molar-refractivity contribution is 7.14. The quantitative estimate of drug-likeness (QED) is 0.560. The zero-order chi connectivity index (χ0) is 18.8. The Morgan fingerprint density at radius 2 is 1.77 bits per heavy atom. The number of rotatable bonds is 4. The van der Waals surface area contributed by atoms with Crippen molar-refractivity contribution in [2.45, 2.75) is 27.2 Å². The van der Waals surface area contributed by atoms with Crippen LogP contribution in [0.4, 0.5) is 5.13 Å². The van der Waals surface area contributed by atoms with Crippen molar-refractivity contribution in [2.75, 3.05) is 5.32 Å². The van der Waals surface area contributed by atoms with Gasteiger partial charge in [0.05, 0.1) is 22.2 Å². The molecule has 0 aliphatic rings. The van der Waals surface area contributed by atoms with Crippen LogP contribution >= 0.6 is 34.5 Å². The maximum atomic E-state index is 12.3. The van der Waals surface area contributed by atoms with E-state index in [1.165, 1.54) is 28.0 Å². The average Bonchev–Trinajstić information content (AvgIpc) is 3.02. The SMILES string of the molecule is Cc1cc(C)c(-c2csc(NC(=O)Cc3ccc(Cl)c(Cl)c3)n2)cc1C. The standard InChI is InChI=1S/C20H18Cl2N2OS/c1-11-6-13(3)15(7-12(11)2)18-10-26-20(23-18)24-19(25)9-14-4-5-16(21)17(22)8-14/h4-8,10H,9H2,1-3H3,(H,23,24,25). The second kappa shape index (κ2) is 7.78. The van der Waals surface area contributed by atoms with E-state index in [9.17, 15) is 4.79 Å². The molecule has 0 unspecified atom stereocenters. The number of hydrogen-bond donors (Lipinski definition) is 1. The molecule has 0 bridgehead atoms. The smallest absolute Gasteiger partial charge is 0.230 e. The molecule has 1 heterocycles. The Labute approximate surface area is 167 Å². The van der Waals surface area contributed by atoms with Crippen LogP contribution in [0.15, 0.2) is 35.7 Å². The third-order valence-electron chi connectivity index (χ3n) is 4.22. The molecule has 0 saturated heterocycles. The van der Waals surface area contributed by atoms with Gasteiger partial charge in [-0.15, -0.1) is 11.3 Å². The number of amides is 1. The van der Waals surface area contributed by atoms with Gasteiger partial charge in [0.15, 0.2) is 5.13 Å². The highest BCUT2D eigenvalue weighted by Gasteiger charge is 2.12. The lowest BCUT2D eigenvalue weighted by Crippen LogP contribution is -2.14. The number of nitrogens with one attached hydrogen (secondary N) is 1. The number of thiazole rings is 1. The van der Waals surface area contributed by atoms with E-state index in [-0.39, 0.29) is 12.3 Å². The Kier molecular flexibility index (Phi) is 5.66. The first kappa shape index (κ1) is 18.9. The van der Waals surface area contributed by atoms with Crippen LogP contribution in [0.1, 0.15) is 22.3 Å². The normalized spacial score (nSPS) is 10.8. The molecular weight excluding hydrogens is 387 g/mol. The number of hydrogen-bond acceptors (Lipinski definition) is 3. The molecule has 26 heavy (non-hydrogen) atoms. The number of halogens is 2. The highest BCUT2D eigenvalue weighted by Crippen LogP contribution is 2.29. The van der Waals surface area contributed by atoms with Gasteiger partial charge in [0.1, 0.15) is 0 Å². The Hall–Kier alpha value is -1.88. The Morgan fingerprint density at radius 1 is 1.04 bits per heavy atom. The first-order valence-electron chi connectivity index (χ1n) is 8.11. The summed E-state index contributed by atoms with van der Waals surface area (Å²) in [7, 11) is 0. The predicted molar refractivity (Wildman–Crippen MR) is 111 cm³/mol. The molecule has 0 aliphatic carbocycles. The number of carbonyl (C=O) groups is 1. The van der Waals surface area contributed by atoms with E-state index in [4.69, 9.17) is 23.2 Å². The van der Waals surface area contributed by atoms with Crippen molar-refractivity contribution in [3.63, 3.8) is 0 Å². The fourth-order valence-electron chi connectivity index (χ4n) is 2.69. The minimum atomic E-state index is -0.138. The summed E-state index contributed by atoms with van der Waals surface area (Å²) >= 11 is 13.3. The van der Waals surface area contributed by atoms with Crippen molar-refractivity contribution >= 4 is 45.6 Å². The average molecular weight is 405 g/mol. The van der Waals surface area contributed by atoms with Gasteiger partial charge in [-0.25, -0.2) is 4.98 Å². The molecular formula is C20H18Cl2N2OS. The lowest BCUT2D eigenvalue weighted by Gasteiger charge is -2.07. The lowest BCUT2D eigenvalue weighted by atomic mass is 9.99. The number of anilines is 1. The summed E-state index contributed by atoms with van der Waals surface area (Å²) in [5, 5.41) is 6.32. The summed E-state index contributed by atoms with van der Waals surface area (Å²) in [6, 6.07) is 9.48. The first-order valence-corrected chi connectivity index (χ1v) is 9.74. The van der Waals surface area contributed by atoms with Crippen LogP contribution in [0, 0.1) is 20.8 Å². The van der Waals surface area contributed by atoms with Crippen LogP contribution in [0.25, 0.3) is 11.3 Å². The van der Waals surface area contributed by atoms with Gasteiger partial charge in [0.2, 0.25) is 5.91 Å². The topological polar surface area (TPSA) is 42.0 Å². The van der Waals surface area contributed by atoms with Crippen molar-refractivity contribution in [2.24, 2.45) is 0 Å². The molecule has 3 rings (SSSR count). The maximum Gasteiger partial charge on any atom is 0.230 e. The Balaban J connectivity index is 1.73. The van der Waals surface area contributed by atoms with E-state index in [1.54, 1.807) is 18.2 Å². The lowest BCUT2D eigenvalue weighted by molar-refractivity contribution is -0.115. The molecule has 3 aromatic rings. The van der Waals surface area contributed by atoms with E-state index in [1.807, 2.05) is 5.38 Å². The van der Waals surface area contributed by atoms with Gasteiger partial charge in [-0.2, -0.15) is 0 Å². The van der Waals surface area contributed by atoms with Gasteiger partial charge < -0.3 is 5.32 Å². The van der Waals surface area contributed by atoms with Crippen molar-refractivity contribution in [1.82, 2.24) is 4.98 Å². The third-order valence-corrected chi connectivity index (χ3v) is 5.71. The van der Waals surface area contributed by atoms with Gasteiger partial charge in [0.25, 0.3) is 0 Å². The van der Waals surface area contributed by atoms with Crippen LogP contribution in [0.3, 0.4) is 0 Å². The Morgan fingerprint density at radius 3 is 2.50 bits per heavy atom. The first-order chi connectivity index (χ1) is 12.3. The molecule has 1 amide bonds. The van der Waals surface area contributed by atoms with Gasteiger partial charge in [0, 0.05) is 10.9 Å². The molecule has 0 saturated carbocycles. The van der Waals surface area contributed by atoms with Crippen LogP contribution in [0.2, 0.25) is 10.0 Å². The van der Waals surface area contributed by atoms with E-state index in [0.29, 0.717) is 15.2 Å². The molecule has 1 aromatic heterocycles. The van der Waals surface area contributed by atoms with E-state index in [2.05, 4.69) is 43.2 Å². The van der Waals surface area contributed by atoms with Gasteiger partial charge in [-0.3, -0.25) is 4.79 Å². The molecule has 6 heteroatoms. The van der Waals surface area contributed by atoms with Crippen molar-refractivity contribution < 1.29 is 4.79 Å². The second-order valence-electron chi connectivity index (χ2n) is 6.26. The van der Waals surface area contributed by atoms with Crippen LogP contribution in [-0.2, 0) is 11.2 Å². The summed E-state index contributed by atoms with van der Waals surface area (Å²) in [6.07, 6.45) is 0.217. The predicted octanol–water partition coefficient (Wildman–Crippen LogP) is 6.22. The minimum absolute atomic E-state index is 0.138. The van der Waals surface area contributed by atoms with E-state index >= 15 is 0 Å². The van der Waals surface area contributed by atoms with E-state index in [0.717, 1.165) is 16.8 Å². The summed E-state index contributed by atoms with van der Waals surface area (Å²) in [6.45, 7) is 6.26. The van der Waals surface area contributed by atoms with E-state index < -0.39 is 0 Å². The van der Waals surface area contributed by atoms with Gasteiger partial charge >= 0.3 is 0 Å². The summed E-state index contributed by atoms with van der Waals surface area (Å²) < 4.78 is 0. The van der Waals surface area contributed by atoms with Gasteiger partial charge in [-0.05, 0) is 61.2 Å². The number of nitrogens with zero attached hydrogens (tertiary/aromatic N) is 1.